The number of ether oxygens (including phenoxy) is 2. The lowest BCUT2D eigenvalue weighted by Gasteiger charge is -2.04. The second-order valence-corrected chi connectivity index (χ2v) is 12.7. The predicted molar refractivity (Wildman–Crippen MR) is 185 cm³/mol. The number of hydrogen-bond acceptors (Lipinski definition) is 5. The van der Waals surface area contributed by atoms with Crippen LogP contribution in [0.5, 0.6) is 11.5 Å². The first-order chi connectivity index (χ1) is 21.6. The van der Waals surface area contributed by atoms with E-state index in [4.69, 9.17) is 9.47 Å². The highest BCUT2D eigenvalue weighted by Gasteiger charge is 2.09. The van der Waals surface area contributed by atoms with Crippen LogP contribution in [0.1, 0.15) is 194 Å². The number of hydrogen-bond donors (Lipinski definition) is 0. The van der Waals surface area contributed by atoms with E-state index in [-0.39, 0.29) is 11.7 Å². The lowest BCUT2D eigenvalue weighted by Crippen LogP contribution is -2.12. The second-order valence-electron chi connectivity index (χ2n) is 12.7. The first kappa shape index (κ1) is 39.9. The summed E-state index contributed by atoms with van der Waals surface area (Å²) in [6, 6.07) is 5.71. The molecule has 0 saturated carbocycles. The molecule has 1 aromatic rings. The Morgan fingerprint density at radius 1 is 0.432 bits per heavy atom. The zero-order valence-electron chi connectivity index (χ0n) is 28.6. The smallest absolute Gasteiger partial charge is 0.311 e. The molecule has 0 spiro atoms. The Morgan fingerprint density at radius 2 is 0.750 bits per heavy atom. The van der Waals surface area contributed by atoms with E-state index < -0.39 is 11.4 Å². The minimum atomic E-state index is -0.400. The number of esters is 2. The zero-order chi connectivity index (χ0) is 31.9. The van der Waals surface area contributed by atoms with Crippen LogP contribution < -0.4 is 14.9 Å². The maximum atomic E-state index is 12.4. The molecule has 0 aliphatic heterocycles. The van der Waals surface area contributed by atoms with Gasteiger partial charge in [0.15, 0.2) is 5.75 Å². The van der Waals surface area contributed by atoms with Crippen LogP contribution in [0.4, 0.5) is 0 Å². The number of unbranched alkanes of at least 4 members (excludes halogenated alkanes) is 24. The van der Waals surface area contributed by atoms with Crippen LogP contribution in [-0.4, -0.2) is 11.9 Å². The Kier molecular flexibility index (Phi) is 26.8. The molecule has 5 heteroatoms. The molecule has 0 unspecified atom stereocenters. The van der Waals surface area contributed by atoms with Crippen LogP contribution in [0.15, 0.2) is 29.1 Å². The molecule has 0 fully saturated rings. The van der Waals surface area contributed by atoms with Gasteiger partial charge in [0.1, 0.15) is 5.75 Å². The minimum absolute atomic E-state index is 0.0244. The van der Waals surface area contributed by atoms with E-state index in [2.05, 4.69) is 13.8 Å². The van der Waals surface area contributed by atoms with Gasteiger partial charge in [-0.05, 0) is 37.1 Å². The summed E-state index contributed by atoms with van der Waals surface area (Å²) in [6.07, 6.45) is 33.2. The highest BCUT2D eigenvalue weighted by molar-refractivity contribution is 5.73. The van der Waals surface area contributed by atoms with Crippen molar-refractivity contribution in [1.82, 2.24) is 0 Å². The summed E-state index contributed by atoms with van der Waals surface area (Å²) in [6.45, 7) is 4.51. The third kappa shape index (κ3) is 24.2. The fourth-order valence-electron chi connectivity index (χ4n) is 5.62. The molecule has 0 amide bonds. The first-order valence-corrected chi connectivity index (χ1v) is 18.6. The molecular weight excluding hydrogens is 548 g/mol. The van der Waals surface area contributed by atoms with Crippen molar-refractivity contribution >= 4 is 11.9 Å². The maximum absolute atomic E-state index is 12.4. The molecule has 0 aliphatic carbocycles. The molecule has 0 N–H and O–H groups in total. The molecular formula is C39H66O5. The van der Waals surface area contributed by atoms with Crippen LogP contribution in [0.2, 0.25) is 0 Å². The summed E-state index contributed by atoms with van der Waals surface area (Å²) in [4.78, 5) is 36.9. The average molecular weight is 615 g/mol. The van der Waals surface area contributed by atoms with Gasteiger partial charge in [-0.3, -0.25) is 14.4 Å². The number of carbonyl (C=O) groups is 2. The summed E-state index contributed by atoms with van der Waals surface area (Å²) in [5, 5.41) is 0. The summed E-state index contributed by atoms with van der Waals surface area (Å²) in [5.74, 6) is -0.423. The van der Waals surface area contributed by atoms with E-state index in [9.17, 15) is 14.4 Å². The van der Waals surface area contributed by atoms with E-state index >= 15 is 0 Å². The summed E-state index contributed by atoms with van der Waals surface area (Å²) in [7, 11) is 0. The van der Waals surface area contributed by atoms with Crippen LogP contribution in [-0.2, 0) is 9.59 Å². The minimum Gasteiger partial charge on any atom is -0.427 e. The van der Waals surface area contributed by atoms with Crippen LogP contribution in [0, 0.1) is 0 Å². The van der Waals surface area contributed by atoms with Gasteiger partial charge < -0.3 is 9.47 Å². The van der Waals surface area contributed by atoms with Crippen molar-refractivity contribution in [2.45, 2.75) is 194 Å². The van der Waals surface area contributed by atoms with Crippen LogP contribution in [0.3, 0.4) is 0 Å². The third-order valence-corrected chi connectivity index (χ3v) is 8.47. The molecule has 5 nitrogen and oxygen atoms in total. The lowest BCUT2D eigenvalue weighted by atomic mass is 10.0. The van der Waals surface area contributed by atoms with Gasteiger partial charge in [0.05, 0.1) is 0 Å². The van der Waals surface area contributed by atoms with Crippen molar-refractivity contribution in [3.8, 4) is 11.5 Å². The van der Waals surface area contributed by atoms with Crippen LogP contribution in [0.25, 0.3) is 0 Å². The van der Waals surface area contributed by atoms with Gasteiger partial charge in [-0.15, -0.1) is 0 Å². The van der Waals surface area contributed by atoms with Crippen LogP contribution >= 0.6 is 0 Å². The van der Waals surface area contributed by atoms with E-state index in [1.54, 1.807) is 0 Å². The Hall–Kier alpha value is -2.17. The monoisotopic (exact) mass is 614 g/mol. The number of rotatable bonds is 30. The maximum Gasteiger partial charge on any atom is 0.311 e. The molecule has 1 rings (SSSR count). The van der Waals surface area contributed by atoms with Crippen molar-refractivity contribution in [2.75, 3.05) is 0 Å². The van der Waals surface area contributed by atoms with Crippen molar-refractivity contribution < 1.29 is 19.1 Å². The Bertz CT molecular complexity index is 896. The van der Waals surface area contributed by atoms with Crippen molar-refractivity contribution in [3.63, 3.8) is 0 Å². The van der Waals surface area contributed by atoms with E-state index in [0.717, 1.165) is 38.5 Å². The van der Waals surface area contributed by atoms with Crippen molar-refractivity contribution in [1.29, 1.82) is 0 Å². The third-order valence-electron chi connectivity index (χ3n) is 8.47. The topological polar surface area (TPSA) is 69.7 Å². The summed E-state index contributed by atoms with van der Waals surface area (Å²) >= 11 is 0. The Labute approximate surface area is 270 Å². The van der Waals surface area contributed by atoms with Crippen molar-refractivity contribution in [2.24, 2.45) is 0 Å². The van der Waals surface area contributed by atoms with Gasteiger partial charge in [-0.1, -0.05) is 168 Å². The highest BCUT2D eigenvalue weighted by Crippen LogP contribution is 2.17. The lowest BCUT2D eigenvalue weighted by molar-refractivity contribution is -0.135. The quantitative estimate of drug-likeness (QED) is 0.0637. The Morgan fingerprint density at radius 3 is 1.14 bits per heavy atom. The van der Waals surface area contributed by atoms with Gasteiger partial charge >= 0.3 is 11.9 Å². The predicted octanol–water partition coefficient (Wildman–Crippen LogP) is 11.8. The zero-order valence-corrected chi connectivity index (χ0v) is 28.6. The molecule has 0 aliphatic rings. The fraction of sp³-hybridized carbons (Fsp3) is 0.769. The molecule has 0 bridgehead atoms. The molecule has 44 heavy (non-hydrogen) atoms. The van der Waals surface area contributed by atoms with E-state index in [1.165, 1.54) is 153 Å². The highest BCUT2D eigenvalue weighted by atomic mass is 16.5. The number of carbonyl (C=O) groups excluding carboxylic acids is 2. The van der Waals surface area contributed by atoms with Gasteiger partial charge in [-0.2, -0.15) is 0 Å². The Balaban J connectivity index is 2.10. The standard InChI is InChI=1S/C39H66O5/c1-3-5-7-9-11-13-15-16-17-18-20-22-24-26-28-30-39(42)44-37-34-32-35(31-33-36(37)40)43-38(41)29-27-25-23-21-19-14-12-10-8-6-4-2/h31-34H,3-30H2,1-2H3. The average Bonchev–Trinajstić information content (AvgIpc) is 3.18. The molecule has 1 aromatic carbocycles. The SMILES string of the molecule is CCCCCCCCCCCCCCCCCC(=O)Oc1ccc(OC(=O)CCCCCCCCCCCCC)ccc1=O. The normalized spacial score (nSPS) is 11.0. The van der Waals surface area contributed by atoms with Gasteiger partial charge in [0, 0.05) is 12.8 Å². The van der Waals surface area contributed by atoms with Gasteiger partial charge in [-0.25, -0.2) is 0 Å². The van der Waals surface area contributed by atoms with Gasteiger partial charge in [0.25, 0.3) is 0 Å². The second kappa shape index (κ2) is 29.5. The fourth-order valence-corrected chi connectivity index (χ4v) is 5.62. The molecule has 0 atom stereocenters. The molecule has 0 heterocycles. The largest absolute Gasteiger partial charge is 0.427 e. The van der Waals surface area contributed by atoms with E-state index in [1.807, 2.05) is 0 Å². The molecule has 0 aromatic heterocycles. The molecule has 0 saturated heterocycles. The van der Waals surface area contributed by atoms with E-state index in [0.29, 0.717) is 18.6 Å². The summed E-state index contributed by atoms with van der Waals surface area (Å²) < 4.78 is 10.8. The molecule has 252 valence electrons. The van der Waals surface area contributed by atoms with Crippen molar-refractivity contribution in [3.05, 3.63) is 34.5 Å². The van der Waals surface area contributed by atoms with Gasteiger partial charge in [0.2, 0.25) is 5.43 Å². The first-order valence-electron chi connectivity index (χ1n) is 18.6. The summed E-state index contributed by atoms with van der Waals surface area (Å²) in [5.41, 5.74) is -0.400. The molecule has 0 radical (unpaired) electrons.